The van der Waals surface area contributed by atoms with Crippen LogP contribution in [0.4, 0.5) is 0 Å². The van der Waals surface area contributed by atoms with Gasteiger partial charge in [-0.05, 0) is 39.3 Å². The van der Waals surface area contributed by atoms with Crippen LogP contribution < -0.4 is 11.1 Å². The van der Waals surface area contributed by atoms with Gasteiger partial charge in [0.15, 0.2) is 0 Å². The second kappa shape index (κ2) is 6.68. The summed E-state index contributed by atoms with van der Waals surface area (Å²) in [6.07, 6.45) is 3.64. The SMILES string of the molecule is CCCNC(CN1CC2CCCN2CC1C)C(N)=O. The van der Waals surface area contributed by atoms with Crippen LogP contribution >= 0.6 is 0 Å². The first kappa shape index (κ1) is 14.8. The van der Waals surface area contributed by atoms with Gasteiger partial charge >= 0.3 is 0 Å². The molecule has 0 aromatic heterocycles. The van der Waals surface area contributed by atoms with E-state index in [9.17, 15) is 4.79 Å². The van der Waals surface area contributed by atoms with E-state index in [1.165, 1.54) is 19.4 Å². The fourth-order valence-corrected chi connectivity index (χ4v) is 3.31. The van der Waals surface area contributed by atoms with Crippen LogP contribution in [0.5, 0.6) is 0 Å². The quantitative estimate of drug-likeness (QED) is 0.712. The van der Waals surface area contributed by atoms with Crippen molar-refractivity contribution in [2.75, 3.05) is 32.7 Å². The first-order chi connectivity index (χ1) is 9.11. The molecule has 3 N–H and O–H groups in total. The van der Waals surface area contributed by atoms with E-state index < -0.39 is 0 Å². The summed E-state index contributed by atoms with van der Waals surface area (Å²) in [5, 5.41) is 3.27. The Morgan fingerprint density at radius 1 is 1.47 bits per heavy atom. The lowest BCUT2D eigenvalue weighted by molar-refractivity contribution is -0.120. The molecule has 2 heterocycles. The minimum absolute atomic E-state index is 0.213. The third-order valence-electron chi connectivity index (χ3n) is 4.47. The minimum Gasteiger partial charge on any atom is -0.368 e. The van der Waals surface area contributed by atoms with E-state index in [2.05, 4.69) is 29.0 Å². The van der Waals surface area contributed by atoms with Gasteiger partial charge in [-0.15, -0.1) is 0 Å². The summed E-state index contributed by atoms with van der Waals surface area (Å²) < 4.78 is 0. The van der Waals surface area contributed by atoms with Crippen molar-refractivity contribution in [3.05, 3.63) is 0 Å². The van der Waals surface area contributed by atoms with Crippen LogP contribution in [0.1, 0.15) is 33.1 Å². The van der Waals surface area contributed by atoms with Gasteiger partial charge in [-0.2, -0.15) is 0 Å². The Bertz CT molecular complexity index is 310. The van der Waals surface area contributed by atoms with Crippen molar-refractivity contribution in [1.82, 2.24) is 15.1 Å². The van der Waals surface area contributed by atoms with E-state index in [1.54, 1.807) is 0 Å². The fraction of sp³-hybridized carbons (Fsp3) is 0.929. The zero-order valence-corrected chi connectivity index (χ0v) is 12.3. The number of piperazine rings is 1. The lowest BCUT2D eigenvalue weighted by Crippen LogP contribution is -2.59. The van der Waals surface area contributed by atoms with Crippen LogP contribution in [0.25, 0.3) is 0 Å². The molecule has 0 spiro atoms. The molecule has 5 nitrogen and oxygen atoms in total. The van der Waals surface area contributed by atoms with Crippen molar-refractivity contribution in [2.24, 2.45) is 5.73 Å². The lowest BCUT2D eigenvalue weighted by Gasteiger charge is -2.43. The number of nitrogens with one attached hydrogen (secondary N) is 1. The van der Waals surface area contributed by atoms with Crippen molar-refractivity contribution in [2.45, 2.75) is 51.2 Å². The van der Waals surface area contributed by atoms with E-state index in [0.29, 0.717) is 12.1 Å². The van der Waals surface area contributed by atoms with Crippen molar-refractivity contribution < 1.29 is 4.79 Å². The zero-order chi connectivity index (χ0) is 13.8. The van der Waals surface area contributed by atoms with Crippen LogP contribution in [0.3, 0.4) is 0 Å². The molecular weight excluding hydrogens is 240 g/mol. The van der Waals surface area contributed by atoms with Gasteiger partial charge in [0.05, 0.1) is 6.04 Å². The highest BCUT2D eigenvalue weighted by Crippen LogP contribution is 2.24. The second-order valence-corrected chi connectivity index (χ2v) is 6.00. The van der Waals surface area contributed by atoms with Gasteiger partial charge in [0.1, 0.15) is 0 Å². The molecule has 3 atom stereocenters. The Hall–Kier alpha value is -0.650. The largest absolute Gasteiger partial charge is 0.368 e. The normalized spacial score (nSPS) is 30.2. The summed E-state index contributed by atoms with van der Waals surface area (Å²) in [7, 11) is 0. The number of rotatable bonds is 6. The Labute approximate surface area is 116 Å². The Balaban J connectivity index is 1.90. The maximum atomic E-state index is 11.5. The topological polar surface area (TPSA) is 61.6 Å². The number of fused-ring (bicyclic) bond motifs is 1. The van der Waals surface area contributed by atoms with Crippen LogP contribution in [-0.2, 0) is 4.79 Å². The molecule has 19 heavy (non-hydrogen) atoms. The van der Waals surface area contributed by atoms with E-state index in [1.807, 2.05) is 0 Å². The van der Waals surface area contributed by atoms with Gasteiger partial charge < -0.3 is 11.1 Å². The molecule has 0 radical (unpaired) electrons. The molecule has 1 amide bonds. The summed E-state index contributed by atoms with van der Waals surface area (Å²) in [6.45, 7) is 9.42. The van der Waals surface area contributed by atoms with Gasteiger partial charge in [0, 0.05) is 31.7 Å². The molecule has 2 aliphatic heterocycles. The second-order valence-electron chi connectivity index (χ2n) is 6.00. The third kappa shape index (κ3) is 3.68. The highest BCUT2D eigenvalue weighted by atomic mass is 16.1. The number of carbonyl (C=O) groups is 1. The Morgan fingerprint density at radius 3 is 2.95 bits per heavy atom. The maximum absolute atomic E-state index is 11.5. The predicted molar refractivity (Wildman–Crippen MR) is 76.9 cm³/mol. The number of primary amides is 1. The summed E-state index contributed by atoms with van der Waals surface area (Å²) in [5.41, 5.74) is 5.51. The van der Waals surface area contributed by atoms with E-state index >= 15 is 0 Å². The lowest BCUT2D eigenvalue weighted by atomic mass is 10.1. The minimum atomic E-state index is -0.227. The number of nitrogens with zero attached hydrogens (tertiary/aromatic N) is 2. The number of nitrogens with two attached hydrogens (primary N) is 1. The molecule has 2 fully saturated rings. The van der Waals surface area contributed by atoms with Gasteiger partial charge in [-0.25, -0.2) is 0 Å². The third-order valence-corrected chi connectivity index (χ3v) is 4.47. The smallest absolute Gasteiger partial charge is 0.235 e. The molecule has 0 saturated carbocycles. The van der Waals surface area contributed by atoms with Gasteiger partial charge in [-0.3, -0.25) is 14.6 Å². The average Bonchev–Trinajstić information content (AvgIpc) is 2.81. The molecule has 2 rings (SSSR count). The van der Waals surface area contributed by atoms with Crippen molar-refractivity contribution in [1.29, 1.82) is 0 Å². The summed E-state index contributed by atoms with van der Waals surface area (Å²) in [4.78, 5) is 16.6. The van der Waals surface area contributed by atoms with Crippen molar-refractivity contribution in [3.8, 4) is 0 Å². The number of carbonyl (C=O) groups excluding carboxylic acids is 1. The first-order valence-electron chi connectivity index (χ1n) is 7.62. The molecule has 2 saturated heterocycles. The van der Waals surface area contributed by atoms with E-state index in [4.69, 9.17) is 5.73 Å². The summed E-state index contributed by atoms with van der Waals surface area (Å²) in [6, 6.07) is 0.992. The van der Waals surface area contributed by atoms with E-state index in [0.717, 1.165) is 32.6 Å². The number of hydrogen-bond acceptors (Lipinski definition) is 4. The van der Waals surface area contributed by atoms with Crippen molar-refractivity contribution >= 4 is 5.91 Å². The highest BCUT2D eigenvalue weighted by Gasteiger charge is 2.35. The van der Waals surface area contributed by atoms with Crippen LogP contribution in [0.15, 0.2) is 0 Å². The monoisotopic (exact) mass is 268 g/mol. The number of hydrogen-bond donors (Lipinski definition) is 2. The molecule has 0 bridgehead atoms. The van der Waals surface area contributed by atoms with Gasteiger partial charge in [0.2, 0.25) is 5.91 Å². The molecular formula is C14H28N4O. The molecule has 0 aromatic carbocycles. The van der Waals surface area contributed by atoms with Crippen LogP contribution in [-0.4, -0.2) is 66.6 Å². The molecule has 0 aromatic rings. The maximum Gasteiger partial charge on any atom is 0.235 e. The molecule has 2 aliphatic rings. The predicted octanol–water partition coefficient (Wildman–Crippen LogP) is 0.00840. The Morgan fingerprint density at radius 2 is 2.26 bits per heavy atom. The molecule has 0 aliphatic carbocycles. The standard InChI is InChI=1S/C14H28N4O/c1-3-6-16-13(14(15)19)10-18-9-12-5-4-7-17(12)8-11(18)2/h11-13,16H,3-10H2,1-2H3,(H2,15,19). The van der Waals surface area contributed by atoms with Gasteiger partial charge in [0.25, 0.3) is 0 Å². The summed E-state index contributed by atoms with van der Waals surface area (Å²) >= 11 is 0. The van der Waals surface area contributed by atoms with Crippen LogP contribution in [0.2, 0.25) is 0 Å². The molecule has 3 unspecified atom stereocenters. The zero-order valence-electron chi connectivity index (χ0n) is 12.3. The number of amides is 1. The average molecular weight is 268 g/mol. The summed E-state index contributed by atoms with van der Waals surface area (Å²) in [5.74, 6) is -0.227. The Kier molecular flexibility index (Phi) is 5.19. The fourth-order valence-electron chi connectivity index (χ4n) is 3.31. The van der Waals surface area contributed by atoms with Gasteiger partial charge in [-0.1, -0.05) is 6.92 Å². The highest BCUT2D eigenvalue weighted by molar-refractivity contribution is 5.80. The van der Waals surface area contributed by atoms with Crippen LogP contribution in [0, 0.1) is 0 Å². The molecule has 5 heteroatoms. The van der Waals surface area contributed by atoms with Crippen molar-refractivity contribution in [3.63, 3.8) is 0 Å². The van der Waals surface area contributed by atoms with E-state index in [-0.39, 0.29) is 11.9 Å². The molecule has 110 valence electrons. The first-order valence-corrected chi connectivity index (χ1v) is 7.62.